The topological polar surface area (TPSA) is 49.8 Å². The Balaban J connectivity index is 2.28. The summed E-state index contributed by atoms with van der Waals surface area (Å²) in [6.07, 6.45) is 0.430. The van der Waals surface area contributed by atoms with Gasteiger partial charge in [-0.25, -0.2) is 0 Å². The molecule has 1 rings (SSSR count). The number of likely N-dealkylation sites (N-methyl/N-ethyl adjacent to an activating group) is 1. The van der Waals surface area contributed by atoms with Crippen molar-refractivity contribution in [2.24, 2.45) is 0 Å². The highest BCUT2D eigenvalue weighted by Crippen LogP contribution is 2.15. The Morgan fingerprint density at radius 2 is 2.42 bits per heavy atom. The van der Waals surface area contributed by atoms with Crippen molar-refractivity contribution in [2.45, 2.75) is 25.5 Å². The van der Waals surface area contributed by atoms with Gasteiger partial charge in [-0.2, -0.15) is 0 Å². The van der Waals surface area contributed by atoms with Gasteiger partial charge in [-0.1, -0.05) is 0 Å². The molecule has 0 aromatic carbocycles. The van der Waals surface area contributed by atoms with Gasteiger partial charge in [0.25, 0.3) is 0 Å². The Hall–Kier alpha value is -0.610. The number of aliphatic hydroxyl groups is 1. The number of β-amino-alcohol motifs (C(OH)–C–C–N with tert-alkyl or cyclic N) is 1. The van der Waals surface area contributed by atoms with E-state index in [9.17, 15) is 9.90 Å². The summed E-state index contributed by atoms with van der Waals surface area (Å²) in [6.45, 7) is 2.46. The normalized spacial score (nSPS) is 30.6. The van der Waals surface area contributed by atoms with Gasteiger partial charge >= 0.3 is 5.97 Å². The van der Waals surface area contributed by atoms with Crippen molar-refractivity contribution >= 4 is 5.97 Å². The zero-order valence-electron chi connectivity index (χ0n) is 7.49. The van der Waals surface area contributed by atoms with Gasteiger partial charge in [0.1, 0.15) is 6.61 Å². The highest BCUT2D eigenvalue weighted by Gasteiger charge is 2.28. The molecule has 0 saturated carbocycles. The molecule has 1 N–H and O–H groups in total. The van der Waals surface area contributed by atoms with Crippen molar-refractivity contribution in [3.63, 3.8) is 0 Å². The van der Waals surface area contributed by atoms with Crippen molar-refractivity contribution in [3.05, 3.63) is 0 Å². The summed E-state index contributed by atoms with van der Waals surface area (Å²) in [5, 5.41) is 9.25. The van der Waals surface area contributed by atoms with E-state index in [4.69, 9.17) is 4.74 Å². The van der Waals surface area contributed by atoms with Crippen LogP contribution >= 0.6 is 0 Å². The minimum absolute atomic E-state index is 0.184. The van der Waals surface area contributed by atoms with Gasteiger partial charge in [-0.3, -0.25) is 9.69 Å². The summed E-state index contributed by atoms with van der Waals surface area (Å²) in [5.41, 5.74) is 0. The van der Waals surface area contributed by atoms with Gasteiger partial charge in [-0.05, 0) is 13.5 Å². The molecule has 1 heterocycles. The van der Waals surface area contributed by atoms with Gasteiger partial charge < -0.3 is 9.84 Å². The predicted molar refractivity (Wildman–Crippen MR) is 43.7 cm³/mol. The van der Waals surface area contributed by atoms with Crippen molar-refractivity contribution in [2.75, 3.05) is 20.2 Å². The van der Waals surface area contributed by atoms with E-state index >= 15 is 0 Å². The summed E-state index contributed by atoms with van der Waals surface area (Å²) in [6, 6.07) is 0.184. The molecule has 0 aromatic heterocycles. The largest absolute Gasteiger partial charge is 0.464 e. The predicted octanol–water partition coefficient (Wildman–Crippen LogP) is -0.386. The number of aliphatic hydroxyl groups excluding tert-OH is 1. The maximum atomic E-state index is 10.5. The van der Waals surface area contributed by atoms with Crippen LogP contribution in [0.25, 0.3) is 0 Å². The summed E-state index contributed by atoms with van der Waals surface area (Å²) >= 11 is 0. The van der Waals surface area contributed by atoms with E-state index in [1.807, 2.05) is 11.9 Å². The molecule has 1 saturated heterocycles. The number of rotatable bonds is 2. The molecule has 0 bridgehead atoms. The molecule has 4 nitrogen and oxygen atoms in total. The van der Waals surface area contributed by atoms with Crippen LogP contribution in [-0.4, -0.2) is 48.3 Å². The maximum absolute atomic E-state index is 10.5. The number of esters is 1. The van der Waals surface area contributed by atoms with Crippen LogP contribution in [0.15, 0.2) is 0 Å². The number of likely N-dealkylation sites (tertiary alicyclic amines) is 1. The third-order valence-electron chi connectivity index (χ3n) is 2.15. The number of ether oxygens (including phenoxy) is 1. The summed E-state index contributed by atoms with van der Waals surface area (Å²) in [4.78, 5) is 12.5. The zero-order valence-corrected chi connectivity index (χ0v) is 7.49. The van der Waals surface area contributed by atoms with E-state index in [2.05, 4.69) is 0 Å². The fourth-order valence-electron chi connectivity index (χ4n) is 1.46. The van der Waals surface area contributed by atoms with Crippen LogP contribution in [-0.2, 0) is 9.53 Å². The minimum atomic E-state index is -0.268. The lowest BCUT2D eigenvalue weighted by Crippen LogP contribution is -2.30. The fourth-order valence-corrected chi connectivity index (χ4v) is 1.46. The first-order valence-electron chi connectivity index (χ1n) is 4.11. The molecule has 1 fully saturated rings. The molecule has 2 atom stereocenters. The fraction of sp³-hybridized carbons (Fsp3) is 0.875. The molecule has 0 radical (unpaired) electrons. The van der Waals surface area contributed by atoms with Crippen molar-refractivity contribution in [3.8, 4) is 0 Å². The standard InChI is InChI=1S/C8H15NO3/c1-6(10)12-5-7-3-8(11)4-9(7)2/h7-8,11H,3-5H2,1-2H3/t7-,8?/m1/s1. The molecule has 0 aliphatic carbocycles. The second-order valence-corrected chi connectivity index (χ2v) is 3.29. The molecule has 0 aromatic rings. The Morgan fingerprint density at radius 3 is 2.83 bits per heavy atom. The van der Waals surface area contributed by atoms with Crippen molar-refractivity contribution < 1.29 is 14.6 Å². The average Bonchev–Trinajstić information content (AvgIpc) is 2.26. The Kier molecular flexibility index (Phi) is 3.05. The molecule has 1 unspecified atom stereocenters. The third kappa shape index (κ3) is 2.46. The van der Waals surface area contributed by atoms with E-state index in [1.54, 1.807) is 0 Å². The molecule has 4 heteroatoms. The number of hydrogen-bond acceptors (Lipinski definition) is 4. The first-order chi connectivity index (χ1) is 5.59. The van der Waals surface area contributed by atoms with E-state index in [0.717, 1.165) is 0 Å². The molecule has 0 amide bonds. The lowest BCUT2D eigenvalue weighted by Gasteiger charge is -2.17. The Morgan fingerprint density at radius 1 is 1.75 bits per heavy atom. The van der Waals surface area contributed by atoms with Crippen LogP contribution in [0.2, 0.25) is 0 Å². The van der Waals surface area contributed by atoms with Crippen molar-refractivity contribution in [1.29, 1.82) is 0 Å². The average molecular weight is 173 g/mol. The van der Waals surface area contributed by atoms with Gasteiger partial charge in [0.2, 0.25) is 0 Å². The number of hydrogen-bond donors (Lipinski definition) is 1. The first-order valence-corrected chi connectivity index (χ1v) is 4.11. The monoisotopic (exact) mass is 173 g/mol. The maximum Gasteiger partial charge on any atom is 0.302 e. The molecular formula is C8H15NO3. The van der Waals surface area contributed by atoms with E-state index < -0.39 is 0 Å². The Bertz CT molecular complexity index is 172. The van der Waals surface area contributed by atoms with Gasteiger partial charge in [0, 0.05) is 19.5 Å². The zero-order chi connectivity index (χ0) is 9.14. The van der Waals surface area contributed by atoms with E-state index in [1.165, 1.54) is 6.92 Å². The molecule has 12 heavy (non-hydrogen) atoms. The van der Waals surface area contributed by atoms with E-state index in [-0.39, 0.29) is 18.1 Å². The quantitative estimate of drug-likeness (QED) is 0.578. The highest BCUT2D eigenvalue weighted by atomic mass is 16.5. The molecule has 1 aliphatic rings. The van der Waals surface area contributed by atoms with Crippen LogP contribution in [0.5, 0.6) is 0 Å². The number of carbonyl (C=O) groups excluding carboxylic acids is 1. The lowest BCUT2D eigenvalue weighted by molar-refractivity contribution is -0.142. The van der Waals surface area contributed by atoms with Crippen molar-refractivity contribution in [1.82, 2.24) is 4.90 Å². The minimum Gasteiger partial charge on any atom is -0.464 e. The lowest BCUT2D eigenvalue weighted by atomic mass is 10.2. The smallest absolute Gasteiger partial charge is 0.302 e. The number of carbonyl (C=O) groups is 1. The van der Waals surface area contributed by atoms with Gasteiger partial charge in [-0.15, -0.1) is 0 Å². The summed E-state index contributed by atoms with van der Waals surface area (Å²) in [5.74, 6) is -0.259. The van der Waals surface area contributed by atoms with Crippen LogP contribution in [0, 0.1) is 0 Å². The third-order valence-corrected chi connectivity index (χ3v) is 2.15. The van der Waals surface area contributed by atoms with Gasteiger partial charge in [0.15, 0.2) is 0 Å². The first kappa shape index (κ1) is 9.48. The number of nitrogens with zero attached hydrogens (tertiary/aromatic N) is 1. The van der Waals surface area contributed by atoms with Crippen LogP contribution in [0.3, 0.4) is 0 Å². The summed E-state index contributed by atoms with van der Waals surface area (Å²) < 4.78 is 4.85. The highest BCUT2D eigenvalue weighted by molar-refractivity contribution is 5.65. The van der Waals surface area contributed by atoms with Gasteiger partial charge in [0.05, 0.1) is 6.10 Å². The Labute approximate surface area is 72.1 Å². The molecule has 0 spiro atoms. The van der Waals surface area contributed by atoms with E-state index in [0.29, 0.717) is 19.6 Å². The summed E-state index contributed by atoms with van der Waals surface area (Å²) in [7, 11) is 1.92. The second kappa shape index (κ2) is 3.87. The van der Waals surface area contributed by atoms with Crippen LogP contribution < -0.4 is 0 Å². The van der Waals surface area contributed by atoms with Crippen LogP contribution in [0.1, 0.15) is 13.3 Å². The molecule has 70 valence electrons. The second-order valence-electron chi connectivity index (χ2n) is 3.29. The molecular weight excluding hydrogens is 158 g/mol. The molecule has 1 aliphatic heterocycles. The SMILES string of the molecule is CC(=O)OC[C@H]1CC(O)CN1C. The van der Waals surface area contributed by atoms with Crippen LogP contribution in [0.4, 0.5) is 0 Å².